The first kappa shape index (κ1) is 26.2. The van der Waals surface area contributed by atoms with Crippen LogP contribution < -0.4 is 0 Å². The summed E-state index contributed by atoms with van der Waals surface area (Å²) in [5.41, 5.74) is 2.41. The molecule has 1 aliphatic carbocycles. The molecule has 5 nitrogen and oxygen atoms in total. The molecule has 0 radical (unpaired) electrons. The smallest absolute Gasteiger partial charge is 0.192 e. The maximum Gasteiger partial charge on any atom is 0.192 e. The number of ether oxygens (including phenoxy) is 2. The molecule has 0 amide bonds. The van der Waals surface area contributed by atoms with Gasteiger partial charge in [-0.3, -0.25) is 9.59 Å². The third-order valence-electron chi connectivity index (χ3n) is 6.68. The number of Topliss-reactive ketones (excluding diaryl/α,β-unsaturated/α-hetero) is 2. The van der Waals surface area contributed by atoms with Gasteiger partial charge in [-0.15, -0.1) is 0 Å². The molecular formula is C23H42O5Si. The number of ketones is 2. The van der Waals surface area contributed by atoms with Crippen molar-refractivity contribution in [1.82, 2.24) is 0 Å². The van der Waals surface area contributed by atoms with Crippen molar-refractivity contribution in [3.05, 3.63) is 11.1 Å². The van der Waals surface area contributed by atoms with Gasteiger partial charge < -0.3 is 13.9 Å². The first-order valence-corrected chi connectivity index (χ1v) is 13.6. The quantitative estimate of drug-likeness (QED) is 0.274. The number of rotatable bonds is 10. The maximum atomic E-state index is 13.4. The van der Waals surface area contributed by atoms with E-state index >= 15 is 0 Å². The molecule has 0 saturated carbocycles. The molecule has 6 heteroatoms. The molecule has 0 fully saturated rings. The molecule has 0 unspecified atom stereocenters. The molecule has 3 atom stereocenters. The van der Waals surface area contributed by atoms with Crippen LogP contribution in [0.4, 0.5) is 0 Å². The highest BCUT2D eigenvalue weighted by Gasteiger charge is 2.42. The van der Waals surface area contributed by atoms with Crippen LogP contribution in [0.25, 0.3) is 0 Å². The minimum atomic E-state index is -2.03. The van der Waals surface area contributed by atoms with Gasteiger partial charge >= 0.3 is 0 Å². The number of hydrogen-bond acceptors (Lipinski definition) is 5. The average molecular weight is 427 g/mol. The van der Waals surface area contributed by atoms with Gasteiger partial charge in [-0.1, -0.05) is 45.8 Å². The second-order valence-electron chi connectivity index (χ2n) is 10.3. The molecule has 0 aliphatic heterocycles. The lowest BCUT2D eigenvalue weighted by molar-refractivity contribution is -0.152. The number of allylic oxidation sites excluding steroid dienone is 2. The van der Waals surface area contributed by atoms with Crippen LogP contribution in [0, 0.1) is 17.8 Å². The van der Waals surface area contributed by atoms with Crippen LogP contribution in [-0.2, 0) is 23.5 Å². The van der Waals surface area contributed by atoms with E-state index in [1.165, 1.54) is 11.1 Å². The van der Waals surface area contributed by atoms with Crippen molar-refractivity contribution in [3.63, 3.8) is 0 Å². The molecule has 0 bridgehead atoms. The maximum absolute atomic E-state index is 13.4. The van der Waals surface area contributed by atoms with E-state index in [0.29, 0.717) is 12.8 Å². The molecule has 29 heavy (non-hydrogen) atoms. The summed E-state index contributed by atoms with van der Waals surface area (Å²) in [6.45, 7) is 19.0. The number of hydrogen-bond donors (Lipinski definition) is 0. The molecule has 0 aromatic heterocycles. The Morgan fingerprint density at radius 1 is 1.07 bits per heavy atom. The van der Waals surface area contributed by atoms with Crippen molar-refractivity contribution in [2.45, 2.75) is 85.5 Å². The Kier molecular flexibility index (Phi) is 9.46. The zero-order valence-corrected chi connectivity index (χ0v) is 21.2. The van der Waals surface area contributed by atoms with Gasteiger partial charge in [0.2, 0.25) is 0 Å². The predicted octanol–water partition coefficient (Wildman–Crippen LogP) is 5.15. The molecule has 1 aliphatic rings. The normalized spacial score (nSPS) is 22.2. The summed E-state index contributed by atoms with van der Waals surface area (Å²) in [7, 11) is -0.482. The van der Waals surface area contributed by atoms with Gasteiger partial charge in [0, 0.05) is 18.9 Å². The zero-order valence-electron chi connectivity index (χ0n) is 20.2. The summed E-state index contributed by atoms with van der Waals surface area (Å²) < 4.78 is 16.9. The fourth-order valence-electron chi connectivity index (χ4n) is 3.46. The first-order chi connectivity index (χ1) is 13.2. The monoisotopic (exact) mass is 426 g/mol. The van der Waals surface area contributed by atoms with Crippen LogP contribution in [-0.4, -0.2) is 46.5 Å². The molecule has 1 rings (SSSR count). The SMILES string of the molecule is COCO[C@@H](C(=O)[C@@H]1CC(C)=C(C)C[C@H]1C(=O)CO[Si](C)(C)C(C)(C)C)C(C)C. The lowest BCUT2D eigenvalue weighted by Crippen LogP contribution is -2.45. The first-order valence-electron chi connectivity index (χ1n) is 10.7. The molecule has 0 heterocycles. The minimum absolute atomic E-state index is 0.00887. The van der Waals surface area contributed by atoms with Crippen LogP contribution in [0.15, 0.2) is 11.1 Å². The minimum Gasteiger partial charge on any atom is -0.410 e. The van der Waals surface area contributed by atoms with Gasteiger partial charge in [-0.2, -0.15) is 0 Å². The average Bonchev–Trinajstić information content (AvgIpc) is 2.60. The molecule has 0 aromatic rings. The number of carbonyl (C=O) groups is 2. The van der Waals surface area contributed by atoms with E-state index in [-0.39, 0.29) is 47.8 Å². The Morgan fingerprint density at radius 2 is 1.59 bits per heavy atom. The second-order valence-corrected chi connectivity index (χ2v) is 15.1. The standard InChI is InChI=1S/C23H42O5Si/c1-15(2)22(27-14-26-8)21(25)19-12-17(4)16(3)11-18(19)20(24)13-28-29(9,10)23(5,6)7/h15,18-19,22H,11-14H2,1-10H3/t18-,19-,22-/m1/s1. The Hall–Kier alpha value is -0.823. The molecule has 168 valence electrons. The van der Waals surface area contributed by atoms with E-state index in [0.717, 1.165) is 0 Å². The predicted molar refractivity (Wildman–Crippen MR) is 119 cm³/mol. The van der Waals surface area contributed by atoms with Crippen LogP contribution >= 0.6 is 0 Å². The largest absolute Gasteiger partial charge is 0.410 e. The fourth-order valence-corrected chi connectivity index (χ4v) is 4.40. The Morgan fingerprint density at radius 3 is 2.03 bits per heavy atom. The Labute approximate surface area is 178 Å². The summed E-state index contributed by atoms with van der Waals surface area (Å²) in [5, 5.41) is 0.0399. The van der Waals surface area contributed by atoms with Crippen molar-refractivity contribution in [2.75, 3.05) is 20.5 Å². The van der Waals surface area contributed by atoms with E-state index in [1.54, 1.807) is 7.11 Å². The van der Waals surface area contributed by atoms with E-state index < -0.39 is 14.4 Å². The van der Waals surface area contributed by atoms with Crippen molar-refractivity contribution >= 4 is 19.9 Å². The highest BCUT2D eigenvalue weighted by molar-refractivity contribution is 6.74. The topological polar surface area (TPSA) is 61.8 Å². The van der Waals surface area contributed by atoms with E-state index in [1.807, 2.05) is 13.8 Å². The van der Waals surface area contributed by atoms with E-state index in [4.69, 9.17) is 13.9 Å². The van der Waals surface area contributed by atoms with Crippen molar-refractivity contribution in [3.8, 4) is 0 Å². The van der Waals surface area contributed by atoms with Gasteiger partial charge in [0.1, 0.15) is 12.9 Å². The lowest BCUT2D eigenvalue weighted by atomic mass is 9.71. The second kappa shape index (κ2) is 10.5. The molecular weight excluding hydrogens is 384 g/mol. The van der Waals surface area contributed by atoms with E-state index in [2.05, 4.69) is 47.7 Å². The van der Waals surface area contributed by atoms with Gasteiger partial charge in [0.05, 0.1) is 6.61 Å². The molecule has 0 aromatic carbocycles. The fraction of sp³-hybridized carbons (Fsp3) is 0.826. The molecule has 0 N–H and O–H groups in total. The van der Waals surface area contributed by atoms with Crippen LogP contribution in [0.2, 0.25) is 18.1 Å². The summed E-state index contributed by atoms with van der Waals surface area (Å²) in [4.78, 5) is 26.6. The third kappa shape index (κ3) is 6.84. The highest BCUT2D eigenvalue weighted by Crippen LogP contribution is 2.39. The number of methoxy groups -OCH3 is 1. The summed E-state index contributed by atoms with van der Waals surface area (Å²) >= 11 is 0. The van der Waals surface area contributed by atoms with Gasteiger partial charge in [0.15, 0.2) is 19.9 Å². The Bertz CT molecular complexity index is 615. The lowest BCUT2D eigenvalue weighted by Gasteiger charge is -2.38. The molecule has 0 spiro atoms. The van der Waals surface area contributed by atoms with Crippen molar-refractivity contribution in [2.24, 2.45) is 17.8 Å². The number of carbonyl (C=O) groups excluding carboxylic acids is 2. The van der Waals surface area contributed by atoms with Gasteiger partial charge in [-0.25, -0.2) is 0 Å². The molecule has 0 saturated heterocycles. The third-order valence-corrected chi connectivity index (χ3v) is 11.2. The van der Waals surface area contributed by atoms with E-state index in [9.17, 15) is 9.59 Å². The van der Waals surface area contributed by atoms with Gasteiger partial charge in [-0.05, 0) is 50.7 Å². The van der Waals surface area contributed by atoms with Crippen LogP contribution in [0.5, 0.6) is 0 Å². The summed E-state index contributed by atoms with van der Waals surface area (Å²) in [5.74, 6) is -0.644. The Balaban J connectivity index is 3.05. The van der Waals surface area contributed by atoms with Crippen LogP contribution in [0.1, 0.15) is 61.3 Å². The zero-order chi connectivity index (χ0) is 22.6. The van der Waals surface area contributed by atoms with Crippen molar-refractivity contribution < 1.29 is 23.5 Å². The van der Waals surface area contributed by atoms with Gasteiger partial charge in [0.25, 0.3) is 0 Å². The highest BCUT2D eigenvalue weighted by atomic mass is 28.4. The summed E-state index contributed by atoms with van der Waals surface area (Å²) in [6, 6.07) is 0. The van der Waals surface area contributed by atoms with Crippen LogP contribution in [0.3, 0.4) is 0 Å². The van der Waals surface area contributed by atoms with Crippen molar-refractivity contribution in [1.29, 1.82) is 0 Å². The summed E-state index contributed by atoms with van der Waals surface area (Å²) in [6.07, 6.45) is 0.667.